The van der Waals surface area contributed by atoms with Crippen LogP contribution in [0, 0.1) is 0 Å². The second-order valence-electron chi connectivity index (χ2n) is 7.40. The van der Waals surface area contributed by atoms with Gasteiger partial charge < -0.3 is 10.1 Å². The molecule has 2 rings (SSSR count). The summed E-state index contributed by atoms with van der Waals surface area (Å²) >= 11 is 0. The van der Waals surface area contributed by atoms with Gasteiger partial charge in [0.15, 0.2) is 6.10 Å². The van der Waals surface area contributed by atoms with Crippen molar-refractivity contribution >= 4 is 33.4 Å². The first-order chi connectivity index (χ1) is 15.6. The second-order valence-corrected chi connectivity index (χ2v) is 9.34. The monoisotopic (exact) mass is 474 g/mol. The molecule has 1 N–H and O–H groups in total. The largest absolute Gasteiger partial charge is 0.451 e. The molecule has 1 unspecified atom stereocenters. The number of benzene rings is 2. The quantitative estimate of drug-likeness (QED) is 0.391. The summed E-state index contributed by atoms with van der Waals surface area (Å²) in [5.74, 6) is -1.23. The van der Waals surface area contributed by atoms with Crippen molar-refractivity contribution in [1.29, 1.82) is 0 Å². The first kappa shape index (κ1) is 26.2. The summed E-state index contributed by atoms with van der Waals surface area (Å²) in [6.45, 7) is 7.56. The van der Waals surface area contributed by atoms with E-state index in [-0.39, 0.29) is 16.4 Å². The molecule has 0 aliphatic rings. The number of amides is 1. The minimum atomic E-state index is -3.63. The van der Waals surface area contributed by atoms with Gasteiger partial charge in [0.2, 0.25) is 21.7 Å². The molecule has 0 aromatic heterocycles. The summed E-state index contributed by atoms with van der Waals surface area (Å²) in [6, 6.07) is 11.8. The molecule has 9 heteroatoms. The molecule has 8 nitrogen and oxygen atoms in total. The molecule has 0 heterocycles. The Morgan fingerprint density at radius 1 is 0.909 bits per heavy atom. The zero-order valence-corrected chi connectivity index (χ0v) is 20.1. The van der Waals surface area contributed by atoms with Crippen LogP contribution in [0.1, 0.15) is 61.3 Å². The van der Waals surface area contributed by atoms with E-state index in [4.69, 9.17) is 4.74 Å². The molecule has 0 saturated heterocycles. The molecule has 0 saturated carbocycles. The van der Waals surface area contributed by atoms with Gasteiger partial charge in [-0.3, -0.25) is 9.59 Å². The highest BCUT2D eigenvalue weighted by Gasteiger charge is 2.23. The topological polar surface area (TPSA) is 110 Å². The Morgan fingerprint density at radius 2 is 1.45 bits per heavy atom. The third-order valence-electron chi connectivity index (χ3n) is 5.02. The maximum Gasteiger partial charge on any atom is 0.338 e. The van der Waals surface area contributed by atoms with Gasteiger partial charge in [-0.1, -0.05) is 20.8 Å². The highest BCUT2D eigenvalue weighted by molar-refractivity contribution is 7.89. The second kappa shape index (κ2) is 11.7. The van der Waals surface area contributed by atoms with Crippen molar-refractivity contribution in [2.45, 2.75) is 51.5 Å². The summed E-state index contributed by atoms with van der Waals surface area (Å²) in [7, 11) is -3.63. The van der Waals surface area contributed by atoms with Crippen molar-refractivity contribution in [1.82, 2.24) is 4.31 Å². The van der Waals surface area contributed by atoms with Gasteiger partial charge in [-0.2, -0.15) is 4.31 Å². The first-order valence-corrected chi connectivity index (χ1v) is 12.3. The number of carbonyl (C=O) groups is 3. The fourth-order valence-corrected chi connectivity index (χ4v) is 4.62. The lowest BCUT2D eigenvalue weighted by Crippen LogP contribution is -2.30. The summed E-state index contributed by atoms with van der Waals surface area (Å²) in [6.07, 6.45) is 0.104. The van der Waals surface area contributed by atoms with Crippen molar-refractivity contribution in [3.8, 4) is 0 Å². The predicted molar refractivity (Wildman–Crippen MR) is 126 cm³/mol. The Kier molecular flexibility index (Phi) is 9.31. The standard InChI is InChI=1S/C24H30N2O6S/c1-5-8-22(27)25-20-13-9-18(10-14-20)23(28)17(4)32-24(29)19-11-15-21(16-12-19)33(30,31)26(6-2)7-3/h9-17H,5-8H2,1-4H3,(H,25,27). The van der Waals surface area contributed by atoms with Gasteiger partial charge in [-0.15, -0.1) is 0 Å². The summed E-state index contributed by atoms with van der Waals surface area (Å²) in [4.78, 5) is 36.8. The Bertz CT molecular complexity index is 1070. The molecule has 33 heavy (non-hydrogen) atoms. The fourth-order valence-electron chi connectivity index (χ4n) is 3.16. The molecule has 0 fully saturated rings. The van der Waals surface area contributed by atoms with Gasteiger partial charge in [0.05, 0.1) is 10.5 Å². The average Bonchev–Trinajstić information content (AvgIpc) is 2.80. The minimum absolute atomic E-state index is 0.0815. The number of ketones is 1. The SMILES string of the molecule is CCCC(=O)Nc1ccc(C(=O)C(C)OC(=O)c2ccc(S(=O)(=O)N(CC)CC)cc2)cc1. The van der Waals surface area contributed by atoms with Crippen LogP contribution in [-0.4, -0.2) is 49.6 Å². The maximum atomic E-state index is 12.6. The predicted octanol–water partition coefficient (Wildman–Crippen LogP) is 3.88. The van der Waals surface area contributed by atoms with Gasteiger partial charge in [0.25, 0.3) is 0 Å². The molecule has 1 atom stereocenters. The van der Waals surface area contributed by atoms with Crippen molar-refractivity contribution in [2.75, 3.05) is 18.4 Å². The Hall–Kier alpha value is -3.04. The van der Waals surface area contributed by atoms with Crippen molar-refractivity contribution < 1.29 is 27.5 Å². The third kappa shape index (κ3) is 6.72. The number of sulfonamides is 1. The summed E-state index contributed by atoms with van der Waals surface area (Å²) in [5, 5.41) is 2.74. The lowest BCUT2D eigenvalue weighted by Gasteiger charge is -2.18. The van der Waals surface area contributed by atoms with Crippen LogP contribution in [-0.2, 0) is 19.6 Å². The zero-order valence-electron chi connectivity index (χ0n) is 19.3. The zero-order chi connectivity index (χ0) is 24.6. The Labute approximate surface area is 195 Å². The number of rotatable bonds is 11. The van der Waals surface area contributed by atoms with E-state index in [1.807, 2.05) is 6.92 Å². The van der Waals surface area contributed by atoms with Crippen LogP contribution in [0.5, 0.6) is 0 Å². The van der Waals surface area contributed by atoms with Gasteiger partial charge >= 0.3 is 5.97 Å². The number of Topliss-reactive ketones (excluding diaryl/α,β-unsaturated/α-hetero) is 1. The highest BCUT2D eigenvalue weighted by Crippen LogP contribution is 2.18. The molecule has 2 aromatic rings. The lowest BCUT2D eigenvalue weighted by atomic mass is 10.1. The molecule has 0 aliphatic carbocycles. The normalized spacial score (nSPS) is 12.3. The smallest absolute Gasteiger partial charge is 0.338 e. The minimum Gasteiger partial charge on any atom is -0.451 e. The Balaban J connectivity index is 2.03. The van der Waals surface area contributed by atoms with E-state index in [0.29, 0.717) is 30.8 Å². The third-order valence-corrected chi connectivity index (χ3v) is 7.08. The van der Waals surface area contributed by atoms with Gasteiger partial charge in [-0.25, -0.2) is 13.2 Å². The van der Waals surface area contributed by atoms with Crippen molar-refractivity contribution in [3.63, 3.8) is 0 Å². The van der Waals surface area contributed by atoms with Crippen molar-refractivity contribution in [2.24, 2.45) is 0 Å². The number of hydrogen-bond acceptors (Lipinski definition) is 6. The Morgan fingerprint density at radius 3 is 1.97 bits per heavy atom. The molecular weight excluding hydrogens is 444 g/mol. The number of nitrogens with one attached hydrogen (secondary N) is 1. The van der Waals surface area contributed by atoms with E-state index < -0.39 is 27.9 Å². The molecule has 1 amide bonds. The number of anilines is 1. The van der Waals surface area contributed by atoms with Gasteiger partial charge in [0.1, 0.15) is 0 Å². The van der Waals surface area contributed by atoms with E-state index in [1.54, 1.807) is 38.1 Å². The van der Waals surface area contributed by atoms with Crippen molar-refractivity contribution in [3.05, 3.63) is 59.7 Å². The van der Waals surface area contributed by atoms with E-state index in [2.05, 4.69) is 5.32 Å². The number of nitrogens with zero attached hydrogens (tertiary/aromatic N) is 1. The van der Waals surface area contributed by atoms with Gasteiger partial charge in [0, 0.05) is 30.8 Å². The van der Waals surface area contributed by atoms with E-state index >= 15 is 0 Å². The fraction of sp³-hybridized carbons (Fsp3) is 0.375. The molecule has 0 spiro atoms. The van der Waals surface area contributed by atoms with Crippen LogP contribution in [0.3, 0.4) is 0 Å². The first-order valence-electron chi connectivity index (χ1n) is 10.9. The molecule has 178 valence electrons. The number of carbonyl (C=O) groups excluding carboxylic acids is 3. The summed E-state index contributed by atoms with van der Waals surface area (Å²) in [5.41, 5.74) is 1.06. The molecule has 0 radical (unpaired) electrons. The van der Waals surface area contributed by atoms with Crippen LogP contribution in [0.4, 0.5) is 5.69 Å². The summed E-state index contributed by atoms with van der Waals surface area (Å²) < 4.78 is 31.7. The van der Waals surface area contributed by atoms with Crippen LogP contribution in [0.25, 0.3) is 0 Å². The van der Waals surface area contributed by atoms with E-state index in [1.165, 1.54) is 35.5 Å². The molecule has 2 aromatic carbocycles. The number of ether oxygens (including phenoxy) is 1. The van der Waals surface area contributed by atoms with Crippen LogP contribution < -0.4 is 5.32 Å². The van der Waals surface area contributed by atoms with Crippen LogP contribution in [0.15, 0.2) is 53.4 Å². The molecule has 0 bridgehead atoms. The number of hydrogen-bond donors (Lipinski definition) is 1. The van der Waals surface area contributed by atoms with E-state index in [9.17, 15) is 22.8 Å². The van der Waals surface area contributed by atoms with Crippen LogP contribution >= 0.6 is 0 Å². The molecule has 0 aliphatic heterocycles. The average molecular weight is 475 g/mol. The molecular formula is C24H30N2O6S. The maximum absolute atomic E-state index is 12.6. The van der Waals surface area contributed by atoms with E-state index in [0.717, 1.165) is 6.42 Å². The van der Waals surface area contributed by atoms with Crippen LogP contribution in [0.2, 0.25) is 0 Å². The lowest BCUT2D eigenvalue weighted by molar-refractivity contribution is -0.116. The highest BCUT2D eigenvalue weighted by atomic mass is 32.2. The van der Waals surface area contributed by atoms with Gasteiger partial charge in [-0.05, 0) is 61.9 Å². The number of esters is 1.